The van der Waals surface area contributed by atoms with Crippen molar-refractivity contribution in [3.05, 3.63) is 47.9 Å². The summed E-state index contributed by atoms with van der Waals surface area (Å²) in [7, 11) is 4.46. The lowest BCUT2D eigenvalue weighted by Crippen LogP contribution is -2.05. The molecule has 0 aliphatic heterocycles. The lowest BCUT2D eigenvalue weighted by atomic mass is 10.2. The zero-order valence-electron chi connectivity index (χ0n) is 16.8. The van der Waals surface area contributed by atoms with Gasteiger partial charge in [0.05, 0.1) is 26.9 Å². The molecule has 1 heterocycles. The number of ether oxygens (including phenoxy) is 4. The first kappa shape index (κ1) is 22.3. The van der Waals surface area contributed by atoms with E-state index in [4.69, 9.17) is 23.4 Å². The Labute approximate surface area is 180 Å². The van der Waals surface area contributed by atoms with Gasteiger partial charge >= 0.3 is 5.97 Å². The van der Waals surface area contributed by atoms with Crippen molar-refractivity contribution in [1.82, 2.24) is 10.2 Å². The molecular formula is C20H18F2N2O6S. The standard InChI is InChI=1S/C20H18F2N2O6S/c1-26-14-8-12(9-15(27-2)17(14)28-3)18-24-23-16(30-18)10-29-19(25)11-4-6-13(7-5-11)31-20(21)22/h4-9,20H,10H2,1-3H3. The molecular weight excluding hydrogens is 434 g/mol. The fraction of sp³-hybridized carbons (Fsp3) is 0.250. The van der Waals surface area contributed by atoms with Crippen molar-refractivity contribution in [2.24, 2.45) is 0 Å². The lowest BCUT2D eigenvalue weighted by molar-refractivity contribution is 0.0438. The maximum atomic E-state index is 12.4. The Morgan fingerprint density at radius 1 is 1.03 bits per heavy atom. The first-order valence-electron chi connectivity index (χ1n) is 8.80. The third kappa shape index (κ3) is 5.43. The fourth-order valence-corrected chi connectivity index (χ4v) is 3.12. The van der Waals surface area contributed by atoms with Gasteiger partial charge in [0, 0.05) is 10.5 Å². The van der Waals surface area contributed by atoms with Crippen molar-refractivity contribution in [3.63, 3.8) is 0 Å². The molecule has 0 aliphatic rings. The first-order chi connectivity index (χ1) is 14.9. The molecule has 0 spiro atoms. The normalized spacial score (nSPS) is 10.8. The molecule has 8 nitrogen and oxygen atoms in total. The minimum absolute atomic E-state index is 0.0713. The summed E-state index contributed by atoms with van der Waals surface area (Å²) >= 11 is 0.393. The van der Waals surface area contributed by atoms with Crippen LogP contribution in [0.4, 0.5) is 8.78 Å². The zero-order valence-corrected chi connectivity index (χ0v) is 17.6. The second kappa shape index (κ2) is 10.1. The molecule has 1 aromatic heterocycles. The largest absolute Gasteiger partial charge is 0.493 e. The van der Waals surface area contributed by atoms with E-state index >= 15 is 0 Å². The maximum absolute atomic E-state index is 12.4. The van der Waals surface area contributed by atoms with Crippen molar-refractivity contribution in [1.29, 1.82) is 0 Å². The first-order valence-corrected chi connectivity index (χ1v) is 9.68. The summed E-state index contributed by atoms with van der Waals surface area (Å²) in [6.07, 6.45) is 0. The van der Waals surface area contributed by atoms with Crippen LogP contribution in [-0.2, 0) is 11.3 Å². The zero-order chi connectivity index (χ0) is 22.4. The molecule has 3 aromatic rings. The third-order valence-electron chi connectivity index (χ3n) is 4.02. The molecule has 164 valence electrons. The Morgan fingerprint density at radius 3 is 2.23 bits per heavy atom. The van der Waals surface area contributed by atoms with Crippen LogP contribution in [0.1, 0.15) is 16.2 Å². The molecule has 0 saturated heterocycles. The van der Waals surface area contributed by atoms with Crippen molar-refractivity contribution in [2.45, 2.75) is 17.3 Å². The Balaban J connectivity index is 1.68. The highest BCUT2D eigenvalue weighted by molar-refractivity contribution is 7.99. The summed E-state index contributed by atoms with van der Waals surface area (Å²) in [5.41, 5.74) is 0.731. The highest BCUT2D eigenvalue weighted by Crippen LogP contribution is 2.40. The van der Waals surface area contributed by atoms with Crippen molar-refractivity contribution in [2.75, 3.05) is 21.3 Å². The number of methoxy groups -OCH3 is 3. The molecule has 0 N–H and O–H groups in total. The van der Waals surface area contributed by atoms with Crippen LogP contribution < -0.4 is 14.2 Å². The van der Waals surface area contributed by atoms with E-state index in [-0.39, 0.29) is 24.0 Å². The van der Waals surface area contributed by atoms with Gasteiger partial charge in [0.1, 0.15) is 0 Å². The highest BCUT2D eigenvalue weighted by atomic mass is 32.2. The number of carbonyl (C=O) groups excluding carboxylic acids is 1. The van der Waals surface area contributed by atoms with Crippen LogP contribution in [0.5, 0.6) is 17.2 Å². The van der Waals surface area contributed by atoms with Gasteiger partial charge in [-0.05, 0) is 36.4 Å². The van der Waals surface area contributed by atoms with E-state index in [2.05, 4.69) is 10.2 Å². The summed E-state index contributed by atoms with van der Waals surface area (Å²) in [4.78, 5) is 12.5. The van der Waals surface area contributed by atoms with E-state index in [9.17, 15) is 13.6 Å². The van der Waals surface area contributed by atoms with Crippen LogP contribution in [-0.4, -0.2) is 43.3 Å². The van der Waals surface area contributed by atoms with Crippen molar-refractivity contribution >= 4 is 17.7 Å². The second-order valence-corrected chi connectivity index (χ2v) is 6.96. The van der Waals surface area contributed by atoms with Gasteiger partial charge < -0.3 is 23.4 Å². The number of hydrogen-bond donors (Lipinski definition) is 0. The molecule has 0 radical (unpaired) electrons. The molecule has 0 aliphatic carbocycles. The van der Waals surface area contributed by atoms with Gasteiger partial charge in [-0.3, -0.25) is 0 Å². The van der Waals surface area contributed by atoms with Gasteiger partial charge in [-0.2, -0.15) is 8.78 Å². The average Bonchev–Trinajstić information content (AvgIpc) is 3.25. The number of thioether (sulfide) groups is 1. The number of rotatable bonds is 9. The van der Waals surface area contributed by atoms with E-state index in [1.165, 1.54) is 45.6 Å². The molecule has 0 fully saturated rings. The van der Waals surface area contributed by atoms with E-state index in [0.29, 0.717) is 39.5 Å². The number of hydrogen-bond acceptors (Lipinski definition) is 9. The van der Waals surface area contributed by atoms with E-state index in [0.717, 1.165) is 0 Å². The molecule has 0 amide bonds. The van der Waals surface area contributed by atoms with Crippen LogP contribution in [0, 0.1) is 0 Å². The molecule has 11 heteroatoms. The number of carbonyl (C=O) groups is 1. The maximum Gasteiger partial charge on any atom is 0.338 e. The Morgan fingerprint density at radius 2 is 1.68 bits per heavy atom. The SMILES string of the molecule is COc1cc(-c2nnc(COC(=O)c3ccc(SC(F)F)cc3)o2)cc(OC)c1OC. The van der Waals surface area contributed by atoms with Gasteiger partial charge in [0.15, 0.2) is 18.1 Å². The number of alkyl halides is 2. The summed E-state index contributed by atoms with van der Waals surface area (Å²) in [6, 6.07) is 8.93. The van der Waals surface area contributed by atoms with Gasteiger partial charge in [-0.15, -0.1) is 10.2 Å². The van der Waals surface area contributed by atoms with E-state index in [1.54, 1.807) is 12.1 Å². The number of esters is 1. The topological polar surface area (TPSA) is 92.9 Å². The number of nitrogens with zero attached hydrogens (tertiary/aromatic N) is 2. The van der Waals surface area contributed by atoms with Crippen LogP contribution in [0.3, 0.4) is 0 Å². The minimum Gasteiger partial charge on any atom is -0.493 e. The molecule has 0 saturated carbocycles. The summed E-state index contributed by atoms with van der Waals surface area (Å²) in [5, 5.41) is 7.81. The predicted molar refractivity (Wildman–Crippen MR) is 107 cm³/mol. The summed E-state index contributed by atoms with van der Waals surface area (Å²) in [5.74, 6) is -1.70. The number of benzene rings is 2. The van der Waals surface area contributed by atoms with Gasteiger partial charge in [0.25, 0.3) is 11.6 Å². The molecule has 0 atom stereocenters. The Bertz CT molecular complexity index is 1020. The predicted octanol–water partition coefficient (Wildman–Crippen LogP) is 4.43. The average molecular weight is 452 g/mol. The third-order valence-corrected chi connectivity index (χ3v) is 4.74. The van der Waals surface area contributed by atoms with Crippen LogP contribution in [0.25, 0.3) is 11.5 Å². The second-order valence-electron chi connectivity index (χ2n) is 5.89. The number of aromatic nitrogens is 2. The lowest BCUT2D eigenvalue weighted by Gasteiger charge is -2.12. The summed E-state index contributed by atoms with van der Waals surface area (Å²) in [6.45, 7) is -0.260. The smallest absolute Gasteiger partial charge is 0.338 e. The van der Waals surface area contributed by atoms with Gasteiger partial charge in [-0.1, -0.05) is 11.8 Å². The van der Waals surface area contributed by atoms with Gasteiger partial charge in [-0.25, -0.2) is 4.79 Å². The van der Waals surface area contributed by atoms with Crippen molar-refractivity contribution < 1.29 is 36.9 Å². The molecule has 31 heavy (non-hydrogen) atoms. The molecule has 0 bridgehead atoms. The quantitative estimate of drug-likeness (QED) is 0.345. The van der Waals surface area contributed by atoms with Crippen LogP contribution in [0.2, 0.25) is 0 Å². The molecule has 2 aromatic carbocycles. The monoisotopic (exact) mass is 452 g/mol. The van der Waals surface area contributed by atoms with E-state index < -0.39 is 11.7 Å². The Kier molecular flexibility index (Phi) is 7.29. The van der Waals surface area contributed by atoms with Gasteiger partial charge in [0.2, 0.25) is 11.6 Å². The minimum atomic E-state index is -2.53. The molecule has 0 unspecified atom stereocenters. The van der Waals surface area contributed by atoms with Crippen LogP contribution in [0.15, 0.2) is 45.7 Å². The fourth-order valence-electron chi connectivity index (χ4n) is 2.62. The molecule has 3 rings (SSSR count). The van der Waals surface area contributed by atoms with E-state index in [1.807, 2.05) is 0 Å². The Hall–Kier alpha value is -3.34. The summed E-state index contributed by atoms with van der Waals surface area (Å²) < 4.78 is 51.3. The highest BCUT2D eigenvalue weighted by Gasteiger charge is 2.18. The van der Waals surface area contributed by atoms with Crippen LogP contribution >= 0.6 is 11.8 Å². The van der Waals surface area contributed by atoms with Crippen molar-refractivity contribution in [3.8, 4) is 28.7 Å². The number of halogens is 2.